The molecule has 0 radical (unpaired) electrons. The van der Waals surface area contributed by atoms with E-state index in [-0.39, 0.29) is 5.97 Å². The summed E-state index contributed by atoms with van der Waals surface area (Å²) in [6.45, 7) is 5.46. The van der Waals surface area contributed by atoms with E-state index in [1.807, 2.05) is 20.8 Å². The molecule has 4 nitrogen and oxygen atoms in total. The van der Waals surface area contributed by atoms with Crippen LogP contribution in [0.2, 0.25) is 0 Å². The summed E-state index contributed by atoms with van der Waals surface area (Å²) in [5, 5.41) is 0. The van der Waals surface area contributed by atoms with Gasteiger partial charge in [0.15, 0.2) is 0 Å². The fraction of sp³-hybridized carbons (Fsp3) is 0.364. The molecular formula is C11H14N2O2. The number of aromatic nitrogens is 2. The summed E-state index contributed by atoms with van der Waals surface area (Å²) in [4.78, 5) is 19.1. The molecule has 4 heteroatoms. The van der Waals surface area contributed by atoms with E-state index in [1.54, 1.807) is 24.7 Å². The second kappa shape index (κ2) is 4.68. The largest absolute Gasteiger partial charge is 0.457 e. The third-order valence-corrected chi connectivity index (χ3v) is 1.38. The summed E-state index contributed by atoms with van der Waals surface area (Å²) in [6.07, 6.45) is 7.62. The van der Waals surface area contributed by atoms with Crippen molar-refractivity contribution in [2.24, 2.45) is 0 Å². The predicted molar refractivity (Wildman–Crippen MR) is 56.9 cm³/mol. The highest BCUT2D eigenvalue weighted by molar-refractivity contribution is 5.86. The molecule has 0 aliphatic rings. The monoisotopic (exact) mass is 206 g/mol. The lowest BCUT2D eigenvalue weighted by atomic mass is 10.2. The van der Waals surface area contributed by atoms with Gasteiger partial charge in [0.1, 0.15) is 5.60 Å². The molecule has 15 heavy (non-hydrogen) atoms. The number of carbonyl (C=O) groups excluding carboxylic acids is 1. The van der Waals surface area contributed by atoms with Crippen LogP contribution < -0.4 is 0 Å². The first kappa shape index (κ1) is 11.4. The number of hydrogen-bond donors (Lipinski definition) is 0. The molecule has 0 amide bonds. The van der Waals surface area contributed by atoms with Crippen molar-refractivity contribution < 1.29 is 9.53 Å². The Balaban J connectivity index is 2.56. The van der Waals surface area contributed by atoms with Crippen LogP contribution in [0.3, 0.4) is 0 Å². The number of hydrogen-bond acceptors (Lipinski definition) is 4. The van der Waals surface area contributed by atoms with Crippen LogP contribution in [0, 0.1) is 0 Å². The van der Waals surface area contributed by atoms with Crippen molar-refractivity contribution in [3.63, 3.8) is 0 Å². The van der Waals surface area contributed by atoms with Gasteiger partial charge in [0.25, 0.3) is 0 Å². The summed E-state index contributed by atoms with van der Waals surface area (Å²) in [7, 11) is 0. The SMILES string of the molecule is CC(C)(C)OC(=O)C=Cc1cnccn1. The van der Waals surface area contributed by atoms with Gasteiger partial charge in [-0.05, 0) is 26.8 Å². The van der Waals surface area contributed by atoms with Gasteiger partial charge >= 0.3 is 5.97 Å². The molecular weight excluding hydrogens is 192 g/mol. The molecule has 1 aromatic rings. The Labute approximate surface area is 89.0 Å². The number of carbonyl (C=O) groups is 1. The zero-order valence-corrected chi connectivity index (χ0v) is 9.10. The minimum Gasteiger partial charge on any atom is -0.457 e. The Kier molecular flexibility index (Phi) is 3.55. The molecule has 0 atom stereocenters. The molecule has 0 saturated carbocycles. The van der Waals surface area contributed by atoms with Crippen molar-refractivity contribution in [2.45, 2.75) is 26.4 Å². The minimum atomic E-state index is -0.468. The molecule has 80 valence electrons. The topological polar surface area (TPSA) is 52.1 Å². The molecule has 0 spiro atoms. The summed E-state index contributed by atoms with van der Waals surface area (Å²) in [5.74, 6) is -0.381. The van der Waals surface area contributed by atoms with E-state index in [0.717, 1.165) is 0 Å². The van der Waals surface area contributed by atoms with E-state index in [0.29, 0.717) is 5.69 Å². The van der Waals surface area contributed by atoms with Gasteiger partial charge in [-0.2, -0.15) is 0 Å². The molecule has 1 rings (SSSR count). The van der Waals surface area contributed by atoms with Gasteiger partial charge in [-0.25, -0.2) is 4.79 Å². The molecule has 0 aliphatic heterocycles. The quantitative estimate of drug-likeness (QED) is 0.547. The number of ether oxygens (including phenoxy) is 1. The Hall–Kier alpha value is -1.71. The molecule has 1 heterocycles. The van der Waals surface area contributed by atoms with Crippen LogP contribution in [0.5, 0.6) is 0 Å². The Bertz CT molecular complexity index is 353. The van der Waals surface area contributed by atoms with E-state index < -0.39 is 5.60 Å². The van der Waals surface area contributed by atoms with Crippen molar-refractivity contribution in [1.82, 2.24) is 9.97 Å². The van der Waals surface area contributed by atoms with Gasteiger partial charge in [0.05, 0.1) is 11.9 Å². The normalized spacial score (nSPS) is 11.7. The van der Waals surface area contributed by atoms with Gasteiger partial charge in [0.2, 0.25) is 0 Å². The van der Waals surface area contributed by atoms with Crippen LogP contribution >= 0.6 is 0 Å². The van der Waals surface area contributed by atoms with E-state index in [2.05, 4.69) is 9.97 Å². The zero-order valence-electron chi connectivity index (χ0n) is 9.10. The summed E-state index contributed by atoms with van der Waals surface area (Å²) in [6, 6.07) is 0. The average molecular weight is 206 g/mol. The highest BCUT2D eigenvalue weighted by atomic mass is 16.6. The average Bonchev–Trinajstić information content (AvgIpc) is 2.14. The lowest BCUT2D eigenvalue weighted by molar-refractivity contribution is -0.148. The summed E-state index contributed by atoms with van der Waals surface area (Å²) >= 11 is 0. The van der Waals surface area contributed by atoms with Crippen LogP contribution in [0.15, 0.2) is 24.7 Å². The Morgan fingerprint density at radius 1 is 1.40 bits per heavy atom. The lowest BCUT2D eigenvalue weighted by Gasteiger charge is -2.17. The second-order valence-corrected chi connectivity index (χ2v) is 4.00. The zero-order chi connectivity index (χ0) is 11.3. The summed E-state index contributed by atoms with van der Waals surface area (Å²) < 4.78 is 5.09. The maximum Gasteiger partial charge on any atom is 0.331 e. The van der Waals surface area contributed by atoms with Crippen molar-refractivity contribution in [2.75, 3.05) is 0 Å². The molecule has 0 N–H and O–H groups in total. The molecule has 0 aliphatic carbocycles. The lowest BCUT2D eigenvalue weighted by Crippen LogP contribution is -2.22. The minimum absolute atomic E-state index is 0.381. The number of esters is 1. The first-order chi connectivity index (χ1) is 6.97. The first-order valence-corrected chi connectivity index (χ1v) is 4.64. The first-order valence-electron chi connectivity index (χ1n) is 4.64. The fourth-order valence-corrected chi connectivity index (χ4v) is 0.886. The van der Waals surface area contributed by atoms with Crippen LogP contribution in [-0.2, 0) is 9.53 Å². The number of rotatable bonds is 2. The standard InChI is InChI=1S/C11H14N2O2/c1-11(2,3)15-10(14)5-4-9-8-12-6-7-13-9/h4-8H,1-3H3. The van der Waals surface area contributed by atoms with Crippen molar-refractivity contribution in [1.29, 1.82) is 0 Å². The van der Waals surface area contributed by atoms with E-state index in [1.165, 1.54) is 6.08 Å². The van der Waals surface area contributed by atoms with Crippen molar-refractivity contribution in [3.8, 4) is 0 Å². The van der Waals surface area contributed by atoms with Crippen LogP contribution in [0.25, 0.3) is 6.08 Å². The molecule has 1 aromatic heterocycles. The molecule has 0 bridgehead atoms. The second-order valence-electron chi connectivity index (χ2n) is 4.00. The van der Waals surface area contributed by atoms with Gasteiger partial charge in [0, 0.05) is 18.5 Å². The third-order valence-electron chi connectivity index (χ3n) is 1.38. The predicted octanol–water partition coefficient (Wildman–Crippen LogP) is 1.83. The van der Waals surface area contributed by atoms with E-state index in [9.17, 15) is 4.79 Å². The highest BCUT2D eigenvalue weighted by Gasteiger charge is 2.13. The molecule has 0 unspecified atom stereocenters. The van der Waals surface area contributed by atoms with Crippen LogP contribution in [0.1, 0.15) is 26.5 Å². The van der Waals surface area contributed by atoms with Crippen molar-refractivity contribution in [3.05, 3.63) is 30.4 Å². The molecule has 0 saturated heterocycles. The fourth-order valence-electron chi connectivity index (χ4n) is 0.886. The maximum absolute atomic E-state index is 11.3. The van der Waals surface area contributed by atoms with Crippen molar-refractivity contribution >= 4 is 12.0 Å². The Morgan fingerprint density at radius 3 is 2.67 bits per heavy atom. The van der Waals surface area contributed by atoms with Crippen LogP contribution in [0.4, 0.5) is 0 Å². The molecule has 0 aromatic carbocycles. The molecule has 0 fully saturated rings. The summed E-state index contributed by atoms with van der Waals surface area (Å²) in [5.41, 5.74) is 0.160. The van der Waals surface area contributed by atoms with E-state index in [4.69, 9.17) is 4.74 Å². The van der Waals surface area contributed by atoms with Gasteiger partial charge < -0.3 is 4.74 Å². The highest BCUT2D eigenvalue weighted by Crippen LogP contribution is 2.07. The van der Waals surface area contributed by atoms with E-state index >= 15 is 0 Å². The van der Waals surface area contributed by atoms with Gasteiger partial charge in [-0.3, -0.25) is 9.97 Å². The maximum atomic E-state index is 11.3. The van der Waals surface area contributed by atoms with Gasteiger partial charge in [-0.15, -0.1) is 0 Å². The smallest absolute Gasteiger partial charge is 0.331 e. The Morgan fingerprint density at radius 2 is 2.13 bits per heavy atom. The van der Waals surface area contributed by atoms with Gasteiger partial charge in [-0.1, -0.05) is 0 Å². The third kappa shape index (κ3) is 4.90. The van der Waals surface area contributed by atoms with Crippen LogP contribution in [-0.4, -0.2) is 21.5 Å². The number of nitrogens with zero attached hydrogens (tertiary/aromatic N) is 2.